The normalized spacial score (nSPS) is 21.9. The molecule has 36 heavy (non-hydrogen) atoms. The van der Waals surface area contributed by atoms with Crippen LogP contribution in [0.1, 0.15) is 61.2 Å². The van der Waals surface area contributed by atoms with Gasteiger partial charge in [-0.15, -0.1) is 0 Å². The Hall–Kier alpha value is -2.38. The smallest absolute Gasteiger partial charge is 0.460 e. The van der Waals surface area contributed by atoms with Crippen LogP contribution in [0.5, 0.6) is 0 Å². The maximum atomic E-state index is 13.5. The van der Waals surface area contributed by atoms with Crippen LogP contribution < -0.4 is 16.4 Å². The molecule has 3 aromatic rings. The SMILES string of the molecule is Cc1oc2cc(B3OC(C)(C)C(C)(C)O3)ccc2c(=O)c1-c1ccc(B2OC(C)(C)C(C)(C)O2)cc1. The molecule has 0 aliphatic carbocycles. The molecule has 8 heteroatoms. The van der Waals surface area contributed by atoms with Crippen LogP contribution in [-0.2, 0) is 18.6 Å². The maximum absolute atomic E-state index is 13.5. The van der Waals surface area contributed by atoms with Gasteiger partial charge >= 0.3 is 14.2 Å². The third kappa shape index (κ3) is 3.95. The average Bonchev–Trinajstić information content (AvgIpc) is 3.13. The van der Waals surface area contributed by atoms with Gasteiger partial charge in [-0.1, -0.05) is 30.3 Å². The van der Waals surface area contributed by atoms with Crippen molar-refractivity contribution in [1.82, 2.24) is 0 Å². The van der Waals surface area contributed by atoms with Crippen LogP contribution in [0.4, 0.5) is 0 Å². The topological polar surface area (TPSA) is 67.1 Å². The lowest BCUT2D eigenvalue weighted by atomic mass is 9.78. The van der Waals surface area contributed by atoms with Gasteiger partial charge in [-0.05, 0) is 90.9 Å². The molecule has 1 aromatic heterocycles. The fourth-order valence-electron chi connectivity index (χ4n) is 4.57. The monoisotopic (exact) mass is 488 g/mol. The molecule has 0 radical (unpaired) electrons. The van der Waals surface area contributed by atoms with Crippen LogP contribution >= 0.6 is 0 Å². The zero-order chi connectivity index (χ0) is 26.3. The standard InChI is InChI=1S/C28H34B2O6/c1-17-23(18-10-12-19(13-11-18)29-33-25(2,3)26(4,5)34-29)24(31)21-15-14-20(16-22(21)32-17)30-35-27(6,7)28(8,9)36-30/h10-16H,1-9H3. The highest BCUT2D eigenvalue weighted by atomic mass is 16.7. The van der Waals surface area contributed by atoms with Crippen LogP contribution in [0.15, 0.2) is 51.7 Å². The number of rotatable bonds is 3. The van der Waals surface area contributed by atoms with Gasteiger partial charge in [0.05, 0.1) is 33.4 Å². The van der Waals surface area contributed by atoms with Crippen molar-refractivity contribution in [3.05, 3.63) is 58.4 Å². The van der Waals surface area contributed by atoms with Gasteiger partial charge in [0.25, 0.3) is 0 Å². The molecule has 188 valence electrons. The van der Waals surface area contributed by atoms with E-state index in [1.165, 1.54) is 0 Å². The Bertz CT molecular complexity index is 1360. The Kier molecular flexibility index (Phi) is 5.66. The Morgan fingerprint density at radius 2 is 1.08 bits per heavy atom. The first kappa shape index (κ1) is 25.3. The molecule has 2 aliphatic rings. The van der Waals surface area contributed by atoms with Crippen LogP contribution in [0.2, 0.25) is 0 Å². The second kappa shape index (κ2) is 8.06. The van der Waals surface area contributed by atoms with Gasteiger partial charge in [-0.3, -0.25) is 4.79 Å². The lowest BCUT2D eigenvalue weighted by molar-refractivity contribution is 0.00578. The summed E-state index contributed by atoms with van der Waals surface area (Å²) in [6, 6.07) is 13.3. The lowest BCUT2D eigenvalue weighted by Crippen LogP contribution is -2.41. The van der Waals surface area contributed by atoms with E-state index in [4.69, 9.17) is 23.0 Å². The summed E-state index contributed by atoms with van der Waals surface area (Å²) < 4.78 is 30.8. The second-order valence-electron chi connectivity index (χ2n) is 11.9. The van der Waals surface area contributed by atoms with E-state index in [1.807, 2.05) is 98.7 Å². The predicted octanol–water partition coefficient (Wildman–Crippen LogP) is 4.37. The van der Waals surface area contributed by atoms with E-state index in [0.29, 0.717) is 22.3 Å². The molecule has 0 atom stereocenters. The minimum absolute atomic E-state index is 0.0717. The van der Waals surface area contributed by atoms with Crippen LogP contribution in [0.25, 0.3) is 22.1 Å². The third-order valence-corrected chi connectivity index (χ3v) is 8.34. The van der Waals surface area contributed by atoms with Crippen molar-refractivity contribution in [3.8, 4) is 11.1 Å². The molecule has 0 spiro atoms. The van der Waals surface area contributed by atoms with E-state index in [0.717, 1.165) is 16.5 Å². The second-order valence-corrected chi connectivity index (χ2v) is 11.9. The number of fused-ring (bicyclic) bond motifs is 1. The molecule has 3 heterocycles. The van der Waals surface area contributed by atoms with Crippen molar-refractivity contribution in [2.24, 2.45) is 0 Å². The summed E-state index contributed by atoms with van der Waals surface area (Å²) in [4.78, 5) is 13.5. The zero-order valence-electron chi connectivity index (χ0n) is 22.6. The first-order valence-electron chi connectivity index (χ1n) is 12.5. The van der Waals surface area contributed by atoms with E-state index in [-0.39, 0.29) is 5.43 Å². The van der Waals surface area contributed by atoms with Gasteiger partial charge in [0.2, 0.25) is 5.43 Å². The summed E-state index contributed by atoms with van der Waals surface area (Å²) in [5.41, 5.74) is 1.80. The Labute approximate surface area is 213 Å². The molecular formula is C28H34B2O6. The molecule has 2 saturated heterocycles. The highest BCUT2D eigenvalue weighted by Crippen LogP contribution is 2.38. The van der Waals surface area contributed by atoms with Gasteiger partial charge < -0.3 is 23.0 Å². The number of aryl methyl sites for hydroxylation is 1. The Morgan fingerprint density at radius 1 is 0.639 bits per heavy atom. The highest BCUT2D eigenvalue weighted by Gasteiger charge is 2.52. The lowest BCUT2D eigenvalue weighted by Gasteiger charge is -2.32. The summed E-state index contributed by atoms with van der Waals surface area (Å²) in [5.74, 6) is 0.557. The minimum atomic E-state index is -0.521. The Balaban J connectivity index is 1.46. The molecule has 2 aliphatic heterocycles. The van der Waals surface area contributed by atoms with E-state index in [1.54, 1.807) is 6.07 Å². The maximum Gasteiger partial charge on any atom is 0.494 e. The van der Waals surface area contributed by atoms with Gasteiger partial charge in [-0.2, -0.15) is 0 Å². The van der Waals surface area contributed by atoms with Gasteiger partial charge in [0, 0.05) is 0 Å². The third-order valence-electron chi connectivity index (χ3n) is 8.34. The largest absolute Gasteiger partial charge is 0.494 e. The van der Waals surface area contributed by atoms with Crippen molar-refractivity contribution < 1.29 is 23.0 Å². The molecule has 0 saturated carbocycles. The molecule has 2 aromatic carbocycles. The van der Waals surface area contributed by atoms with Crippen molar-refractivity contribution in [3.63, 3.8) is 0 Å². The van der Waals surface area contributed by atoms with Crippen molar-refractivity contribution in [2.75, 3.05) is 0 Å². The van der Waals surface area contributed by atoms with Gasteiger partial charge in [0.1, 0.15) is 11.3 Å². The fourth-order valence-corrected chi connectivity index (χ4v) is 4.57. The fraction of sp³-hybridized carbons (Fsp3) is 0.464. The molecule has 6 nitrogen and oxygen atoms in total. The first-order valence-corrected chi connectivity index (χ1v) is 12.5. The molecular weight excluding hydrogens is 454 g/mol. The van der Waals surface area contributed by atoms with Crippen LogP contribution in [-0.4, -0.2) is 36.6 Å². The first-order chi connectivity index (χ1) is 16.6. The Morgan fingerprint density at radius 3 is 1.58 bits per heavy atom. The average molecular weight is 488 g/mol. The molecule has 0 amide bonds. The molecule has 2 fully saturated rings. The summed E-state index contributed by atoms with van der Waals surface area (Å²) in [5, 5.41) is 0.519. The van der Waals surface area contributed by atoms with E-state index in [9.17, 15) is 4.79 Å². The van der Waals surface area contributed by atoms with Gasteiger partial charge in [-0.25, -0.2) is 0 Å². The van der Waals surface area contributed by atoms with E-state index < -0.39 is 36.6 Å². The minimum Gasteiger partial charge on any atom is -0.460 e. The van der Waals surface area contributed by atoms with Crippen molar-refractivity contribution in [2.45, 2.75) is 84.7 Å². The van der Waals surface area contributed by atoms with Crippen LogP contribution in [0, 0.1) is 6.92 Å². The van der Waals surface area contributed by atoms with E-state index in [2.05, 4.69) is 0 Å². The van der Waals surface area contributed by atoms with Crippen LogP contribution in [0.3, 0.4) is 0 Å². The summed E-state index contributed by atoms with van der Waals surface area (Å²) >= 11 is 0. The molecule has 0 bridgehead atoms. The van der Waals surface area contributed by atoms with E-state index >= 15 is 0 Å². The number of hydrogen-bond acceptors (Lipinski definition) is 6. The number of benzene rings is 2. The highest BCUT2D eigenvalue weighted by molar-refractivity contribution is 6.62. The zero-order valence-corrected chi connectivity index (χ0v) is 22.6. The summed E-state index contributed by atoms with van der Waals surface area (Å²) in [7, 11) is -0.973. The predicted molar refractivity (Wildman–Crippen MR) is 144 cm³/mol. The van der Waals surface area contributed by atoms with Crippen molar-refractivity contribution in [1.29, 1.82) is 0 Å². The quantitative estimate of drug-likeness (QED) is 0.511. The molecule has 0 N–H and O–H groups in total. The summed E-state index contributed by atoms with van der Waals surface area (Å²) in [6.45, 7) is 18.0. The molecule has 5 rings (SSSR count). The number of hydrogen-bond donors (Lipinski definition) is 0. The summed E-state index contributed by atoms with van der Waals surface area (Å²) in [6.07, 6.45) is 0. The van der Waals surface area contributed by atoms with Gasteiger partial charge in [0.15, 0.2) is 0 Å². The molecule has 0 unspecified atom stereocenters. The van der Waals surface area contributed by atoms with Crippen molar-refractivity contribution >= 4 is 36.1 Å².